The minimum atomic E-state index is -0.325. The second kappa shape index (κ2) is 11.3. The van der Waals surface area contributed by atoms with Gasteiger partial charge in [0.2, 0.25) is 0 Å². The molecule has 0 bridgehead atoms. The molecule has 2 nitrogen and oxygen atoms in total. The number of ether oxygens (including phenoxy) is 1. The van der Waals surface area contributed by atoms with Crippen LogP contribution in [0.1, 0.15) is 67.4 Å². The van der Waals surface area contributed by atoms with E-state index in [0.717, 1.165) is 24.0 Å². The van der Waals surface area contributed by atoms with Gasteiger partial charge < -0.3 is 4.74 Å². The van der Waals surface area contributed by atoms with Gasteiger partial charge in [0.25, 0.3) is 0 Å². The molecule has 0 amide bonds. The fraction of sp³-hybridized carbons (Fsp3) is 0.321. The number of rotatable bonds is 10. The molecule has 30 heavy (non-hydrogen) atoms. The molecular formula is C28H32O2. The zero-order chi connectivity index (χ0) is 21.2. The number of esters is 1. The first-order chi connectivity index (χ1) is 14.7. The Morgan fingerprint density at radius 3 is 1.70 bits per heavy atom. The van der Waals surface area contributed by atoms with E-state index >= 15 is 0 Å². The first kappa shape index (κ1) is 21.8. The molecule has 3 aromatic carbocycles. The summed E-state index contributed by atoms with van der Waals surface area (Å²) in [6.45, 7) is 4.41. The van der Waals surface area contributed by atoms with Crippen LogP contribution < -0.4 is 4.74 Å². The van der Waals surface area contributed by atoms with Gasteiger partial charge in [-0.05, 0) is 72.2 Å². The summed E-state index contributed by atoms with van der Waals surface area (Å²) in [6.07, 6.45) is 8.32. The van der Waals surface area contributed by atoms with Gasteiger partial charge in [-0.1, -0.05) is 81.6 Å². The van der Waals surface area contributed by atoms with Crippen molar-refractivity contribution in [2.24, 2.45) is 0 Å². The summed E-state index contributed by atoms with van der Waals surface area (Å²) in [5, 5.41) is 0. The van der Waals surface area contributed by atoms with Gasteiger partial charge in [0.1, 0.15) is 5.75 Å². The molecule has 0 spiro atoms. The third-order valence-electron chi connectivity index (χ3n) is 5.43. The molecule has 0 aliphatic rings. The molecule has 0 saturated heterocycles. The van der Waals surface area contributed by atoms with Gasteiger partial charge in [0.05, 0.1) is 5.56 Å². The lowest BCUT2D eigenvalue weighted by Crippen LogP contribution is -2.08. The Balaban J connectivity index is 1.58. The first-order valence-corrected chi connectivity index (χ1v) is 11.2. The van der Waals surface area contributed by atoms with E-state index < -0.39 is 0 Å². The van der Waals surface area contributed by atoms with E-state index in [0.29, 0.717) is 11.3 Å². The van der Waals surface area contributed by atoms with Crippen LogP contribution in [0.5, 0.6) is 5.75 Å². The number of unbranched alkanes of at least 4 members (excludes halogenated alkanes) is 3. The summed E-state index contributed by atoms with van der Waals surface area (Å²) in [5.74, 6) is 0.261. The van der Waals surface area contributed by atoms with E-state index in [-0.39, 0.29) is 5.97 Å². The van der Waals surface area contributed by atoms with Crippen molar-refractivity contribution in [3.05, 3.63) is 89.5 Å². The molecule has 0 fully saturated rings. The highest BCUT2D eigenvalue weighted by Crippen LogP contribution is 2.22. The Bertz CT molecular complexity index is 906. The van der Waals surface area contributed by atoms with Gasteiger partial charge >= 0.3 is 5.97 Å². The quantitative estimate of drug-likeness (QED) is 0.198. The van der Waals surface area contributed by atoms with Gasteiger partial charge in [-0.3, -0.25) is 0 Å². The number of aryl methyl sites for hydroxylation is 2. The molecule has 0 aliphatic carbocycles. The minimum absolute atomic E-state index is 0.325. The molecule has 0 aliphatic heterocycles. The van der Waals surface area contributed by atoms with E-state index in [2.05, 4.69) is 38.1 Å². The van der Waals surface area contributed by atoms with E-state index in [1.54, 1.807) is 0 Å². The number of hydrogen-bond acceptors (Lipinski definition) is 2. The Morgan fingerprint density at radius 1 is 0.633 bits per heavy atom. The lowest BCUT2D eigenvalue weighted by molar-refractivity contribution is 0.0734. The molecule has 0 aromatic heterocycles. The standard InChI is InChI=1S/C28H32O2/c1-3-5-7-9-23-10-14-24(15-11-23)25-16-18-26(19-17-25)28(29)30-27-20-12-22(13-21-27)8-6-4-2/h10-21H,3-9H2,1-2H3. The maximum absolute atomic E-state index is 12.5. The second-order valence-electron chi connectivity index (χ2n) is 7.87. The largest absolute Gasteiger partial charge is 0.423 e. The van der Waals surface area contributed by atoms with Crippen LogP contribution in [-0.2, 0) is 12.8 Å². The van der Waals surface area contributed by atoms with Gasteiger partial charge in [-0.15, -0.1) is 0 Å². The molecule has 0 radical (unpaired) electrons. The third kappa shape index (κ3) is 6.32. The smallest absolute Gasteiger partial charge is 0.343 e. The number of carbonyl (C=O) groups excluding carboxylic acids is 1. The lowest BCUT2D eigenvalue weighted by Gasteiger charge is -2.08. The summed E-state index contributed by atoms with van der Waals surface area (Å²) in [5.41, 5.74) is 5.49. The Kier molecular flexibility index (Phi) is 8.26. The van der Waals surface area contributed by atoms with Crippen LogP contribution in [0.2, 0.25) is 0 Å². The summed E-state index contributed by atoms with van der Waals surface area (Å²) in [7, 11) is 0. The maximum Gasteiger partial charge on any atom is 0.343 e. The van der Waals surface area contributed by atoms with Crippen LogP contribution in [0, 0.1) is 0 Å². The minimum Gasteiger partial charge on any atom is -0.423 e. The summed E-state index contributed by atoms with van der Waals surface area (Å²) < 4.78 is 5.53. The molecule has 0 unspecified atom stereocenters. The average molecular weight is 401 g/mol. The summed E-state index contributed by atoms with van der Waals surface area (Å²) in [6, 6.07) is 24.2. The van der Waals surface area contributed by atoms with Gasteiger partial charge in [-0.25, -0.2) is 4.79 Å². The lowest BCUT2D eigenvalue weighted by atomic mass is 10.0. The van der Waals surface area contributed by atoms with E-state index in [4.69, 9.17) is 4.74 Å². The average Bonchev–Trinajstić information content (AvgIpc) is 2.79. The number of hydrogen-bond donors (Lipinski definition) is 0. The van der Waals surface area contributed by atoms with Crippen LogP contribution in [0.3, 0.4) is 0 Å². The fourth-order valence-electron chi connectivity index (χ4n) is 3.51. The van der Waals surface area contributed by atoms with E-state index in [9.17, 15) is 4.79 Å². The van der Waals surface area contributed by atoms with E-state index in [1.165, 1.54) is 43.2 Å². The predicted molar refractivity (Wildman–Crippen MR) is 125 cm³/mol. The summed E-state index contributed by atoms with van der Waals surface area (Å²) in [4.78, 5) is 12.5. The molecule has 0 atom stereocenters. The molecule has 156 valence electrons. The van der Waals surface area contributed by atoms with Crippen molar-refractivity contribution in [1.29, 1.82) is 0 Å². The maximum atomic E-state index is 12.5. The van der Waals surface area contributed by atoms with Crippen molar-refractivity contribution in [3.8, 4) is 16.9 Å². The highest BCUT2D eigenvalue weighted by Gasteiger charge is 2.09. The third-order valence-corrected chi connectivity index (χ3v) is 5.43. The zero-order valence-corrected chi connectivity index (χ0v) is 18.2. The SMILES string of the molecule is CCCCCc1ccc(-c2ccc(C(=O)Oc3ccc(CCCC)cc3)cc2)cc1. The topological polar surface area (TPSA) is 26.3 Å². The van der Waals surface area contributed by atoms with Crippen molar-refractivity contribution < 1.29 is 9.53 Å². The predicted octanol–water partition coefficient (Wildman–Crippen LogP) is 7.65. The number of benzene rings is 3. The monoisotopic (exact) mass is 400 g/mol. The molecule has 0 heterocycles. The number of carbonyl (C=O) groups is 1. The van der Waals surface area contributed by atoms with Crippen LogP contribution in [0.25, 0.3) is 11.1 Å². The van der Waals surface area contributed by atoms with Crippen molar-refractivity contribution >= 4 is 5.97 Å². The highest BCUT2D eigenvalue weighted by molar-refractivity contribution is 5.91. The van der Waals surface area contributed by atoms with Crippen LogP contribution in [-0.4, -0.2) is 5.97 Å². The van der Waals surface area contributed by atoms with Gasteiger partial charge in [0.15, 0.2) is 0 Å². The van der Waals surface area contributed by atoms with Crippen molar-refractivity contribution in [2.45, 2.75) is 58.8 Å². The Labute approximate surface area is 180 Å². The molecular weight excluding hydrogens is 368 g/mol. The Hall–Kier alpha value is -2.87. The van der Waals surface area contributed by atoms with Crippen molar-refractivity contribution in [2.75, 3.05) is 0 Å². The van der Waals surface area contributed by atoms with Gasteiger partial charge in [-0.2, -0.15) is 0 Å². The van der Waals surface area contributed by atoms with Crippen molar-refractivity contribution in [1.82, 2.24) is 0 Å². The van der Waals surface area contributed by atoms with Crippen LogP contribution in [0.15, 0.2) is 72.8 Å². The molecule has 2 heteroatoms. The molecule has 0 saturated carbocycles. The molecule has 0 N–H and O–H groups in total. The first-order valence-electron chi connectivity index (χ1n) is 11.2. The highest BCUT2D eigenvalue weighted by atomic mass is 16.5. The Morgan fingerprint density at radius 2 is 1.13 bits per heavy atom. The van der Waals surface area contributed by atoms with Crippen LogP contribution >= 0.6 is 0 Å². The summed E-state index contributed by atoms with van der Waals surface area (Å²) >= 11 is 0. The normalized spacial score (nSPS) is 10.7. The second-order valence-corrected chi connectivity index (χ2v) is 7.87. The molecule has 3 rings (SSSR count). The van der Waals surface area contributed by atoms with E-state index in [1.807, 2.05) is 48.5 Å². The molecule has 3 aromatic rings. The van der Waals surface area contributed by atoms with Crippen molar-refractivity contribution in [3.63, 3.8) is 0 Å². The zero-order valence-electron chi connectivity index (χ0n) is 18.2. The van der Waals surface area contributed by atoms with Crippen LogP contribution in [0.4, 0.5) is 0 Å². The van der Waals surface area contributed by atoms with Gasteiger partial charge in [0, 0.05) is 0 Å². The fourth-order valence-corrected chi connectivity index (χ4v) is 3.51.